The van der Waals surface area contributed by atoms with Gasteiger partial charge in [0.1, 0.15) is 11.3 Å². The average Bonchev–Trinajstić information content (AvgIpc) is 2.99. The Balaban J connectivity index is 1.95. The highest BCUT2D eigenvalue weighted by Crippen LogP contribution is 2.30. The van der Waals surface area contributed by atoms with E-state index in [1.807, 2.05) is 25.1 Å². The van der Waals surface area contributed by atoms with E-state index < -0.39 is 11.8 Å². The van der Waals surface area contributed by atoms with E-state index in [4.69, 9.17) is 16.3 Å². The summed E-state index contributed by atoms with van der Waals surface area (Å²) in [4.78, 5) is 27.5. The first-order chi connectivity index (χ1) is 14.0. The molecule has 0 aliphatic carbocycles. The maximum Gasteiger partial charge on any atom is 0.282 e. The first-order valence-electron chi connectivity index (χ1n) is 9.62. The molecule has 0 bridgehead atoms. The van der Waals surface area contributed by atoms with E-state index >= 15 is 0 Å². The average molecular weight is 414 g/mol. The number of nitrogens with zero attached hydrogens (tertiary/aromatic N) is 2. The Hall–Kier alpha value is -2.99. The van der Waals surface area contributed by atoms with E-state index in [1.165, 1.54) is 5.01 Å². The number of hydrogen-bond acceptors (Lipinski definition) is 4. The molecule has 2 aromatic rings. The number of amides is 2. The van der Waals surface area contributed by atoms with Gasteiger partial charge in [0.2, 0.25) is 0 Å². The molecule has 0 spiro atoms. The van der Waals surface area contributed by atoms with Crippen molar-refractivity contribution in [2.24, 2.45) is 0 Å². The van der Waals surface area contributed by atoms with Gasteiger partial charge in [0.05, 0.1) is 12.3 Å². The molecule has 3 rings (SSSR count). The van der Waals surface area contributed by atoms with Crippen LogP contribution in [0.5, 0.6) is 5.75 Å². The highest BCUT2D eigenvalue weighted by molar-refractivity contribution is 6.32. The molecule has 0 atom stereocenters. The number of benzene rings is 2. The van der Waals surface area contributed by atoms with E-state index in [1.54, 1.807) is 30.3 Å². The summed E-state index contributed by atoms with van der Waals surface area (Å²) in [5, 5.41) is 1.77. The molecule has 1 saturated heterocycles. The van der Waals surface area contributed by atoms with Crippen LogP contribution in [0.25, 0.3) is 6.08 Å². The number of hydrazine groups is 1. The predicted molar refractivity (Wildman–Crippen MR) is 116 cm³/mol. The van der Waals surface area contributed by atoms with Crippen molar-refractivity contribution in [2.45, 2.75) is 20.8 Å². The van der Waals surface area contributed by atoms with Crippen molar-refractivity contribution < 1.29 is 14.3 Å². The Bertz CT molecular complexity index is 937. The van der Waals surface area contributed by atoms with E-state index in [-0.39, 0.29) is 5.57 Å². The van der Waals surface area contributed by atoms with Crippen molar-refractivity contribution in [3.8, 4) is 5.75 Å². The number of carbonyl (C=O) groups excluding carboxylic acids is 2. The molecule has 1 N–H and O–H groups in total. The lowest BCUT2D eigenvalue weighted by Crippen LogP contribution is -2.35. The number of hydrogen-bond donors (Lipinski definition) is 1. The minimum Gasteiger partial charge on any atom is -0.493 e. The number of carbonyl (C=O) groups is 2. The van der Waals surface area contributed by atoms with E-state index in [9.17, 15) is 9.59 Å². The van der Waals surface area contributed by atoms with Gasteiger partial charge in [-0.3, -0.25) is 15.0 Å². The van der Waals surface area contributed by atoms with Crippen LogP contribution in [0.2, 0.25) is 5.02 Å². The predicted octanol–water partition coefficient (Wildman–Crippen LogP) is 4.05. The van der Waals surface area contributed by atoms with Gasteiger partial charge in [-0.15, -0.1) is 0 Å². The molecule has 0 unspecified atom stereocenters. The zero-order valence-corrected chi connectivity index (χ0v) is 17.5. The molecule has 152 valence electrons. The number of ether oxygens (including phenoxy) is 1. The molecule has 1 heterocycles. The zero-order chi connectivity index (χ0) is 21.0. The van der Waals surface area contributed by atoms with Crippen LogP contribution in [0.3, 0.4) is 0 Å². The summed E-state index contributed by atoms with van der Waals surface area (Å²) in [6.07, 6.45) is 1.57. The van der Waals surface area contributed by atoms with Crippen LogP contribution in [0.1, 0.15) is 26.3 Å². The summed E-state index contributed by atoms with van der Waals surface area (Å²) in [5.74, 6) is -0.247. The minimum atomic E-state index is -0.458. The highest BCUT2D eigenvalue weighted by atomic mass is 35.5. The molecule has 6 nitrogen and oxygen atoms in total. The lowest BCUT2D eigenvalue weighted by atomic mass is 10.1. The lowest BCUT2D eigenvalue weighted by Gasteiger charge is -2.22. The Morgan fingerprint density at radius 1 is 1.07 bits per heavy atom. The van der Waals surface area contributed by atoms with Gasteiger partial charge < -0.3 is 9.64 Å². The Morgan fingerprint density at radius 3 is 2.38 bits per heavy atom. The van der Waals surface area contributed by atoms with Gasteiger partial charge in [0.25, 0.3) is 11.8 Å². The van der Waals surface area contributed by atoms with Crippen molar-refractivity contribution in [3.63, 3.8) is 0 Å². The van der Waals surface area contributed by atoms with Gasteiger partial charge in [0, 0.05) is 35.4 Å². The molecule has 0 aromatic heterocycles. The van der Waals surface area contributed by atoms with E-state index in [2.05, 4.69) is 24.2 Å². The third kappa shape index (κ3) is 4.38. The van der Waals surface area contributed by atoms with Crippen molar-refractivity contribution in [1.29, 1.82) is 0 Å². The zero-order valence-electron chi connectivity index (χ0n) is 16.7. The number of nitrogens with one attached hydrogen (secondary N) is 1. The van der Waals surface area contributed by atoms with Crippen molar-refractivity contribution in [3.05, 3.63) is 58.6 Å². The van der Waals surface area contributed by atoms with Crippen molar-refractivity contribution >= 4 is 40.9 Å². The molecule has 29 heavy (non-hydrogen) atoms. The fourth-order valence-electron chi connectivity index (χ4n) is 3.19. The topological polar surface area (TPSA) is 61.9 Å². The summed E-state index contributed by atoms with van der Waals surface area (Å²) in [6, 6.07) is 12.5. The monoisotopic (exact) mass is 413 g/mol. The molecule has 2 aromatic carbocycles. The molecule has 7 heteroatoms. The third-order valence-electron chi connectivity index (χ3n) is 4.70. The summed E-state index contributed by atoms with van der Waals surface area (Å²) >= 11 is 5.90. The summed E-state index contributed by atoms with van der Waals surface area (Å²) < 4.78 is 5.78. The minimum absolute atomic E-state index is 0.0523. The largest absolute Gasteiger partial charge is 0.493 e. The Kier molecular flexibility index (Phi) is 6.44. The van der Waals surface area contributed by atoms with Gasteiger partial charge >= 0.3 is 0 Å². The second-order valence-corrected chi connectivity index (χ2v) is 6.88. The normalized spacial score (nSPS) is 15.0. The molecular weight excluding hydrogens is 390 g/mol. The molecule has 0 saturated carbocycles. The van der Waals surface area contributed by atoms with Gasteiger partial charge in [-0.2, -0.15) is 0 Å². The maximum atomic E-state index is 12.8. The molecule has 2 amide bonds. The van der Waals surface area contributed by atoms with E-state index in [0.717, 1.165) is 18.8 Å². The highest BCUT2D eigenvalue weighted by Gasteiger charge is 2.34. The molecule has 1 aliphatic heterocycles. The quantitative estimate of drug-likeness (QED) is 0.549. The van der Waals surface area contributed by atoms with Crippen LogP contribution in [0.4, 0.5) is 11.4 Å². The Labute approximate surface area is 175 Å². The Morgan fingerprint density at radius 2 is 1.76 bits per heavy atom. The first-order valence-corrected chi connectivity index (χ1v) is 10.0. The fourth-order valence-corrected chi connectivity index (χ4v) is 3.32. The van der Waals surface area contributed by atoms with Crippen LogP contribution in [-0.4, -0.2) is 31.5 Å². The van der Waals surface area contributed by atoms with Crippen LogP contribution >= 0.6 is 11.6 Å². The van der Waals surface area contributed by atoms with Crippen LogP contribution < -0.4 is 20.1 Å². The van der Waals surface area contributed by atoms with Gasteiger partial charge in [0.15, 0.2) is 0 Å². The first kappa shape index (κ1) is 20.7. The second-order valence-electron chi connectivity index (χ2n) is 6.44. The van der Waals surface area contributed by atoms with E-state index in [0.29, 0.717) is 28.6 Å². The number of rotatable bonds is 7. The van der Waals surface area contributed by atoms with Crippen molar-refractivity contribution in [1.82, 2.24) is 5.43 Å². The van der Waals surface area contributed by atoms with Gasteiger partial charge in [-0.1, -0.05) is 11.6 Å². The maximum absolute atomic E-state index is 12.8. The van der Waals surface area contributed by atoms with Crippen LogP contribution in [0, 0.1) is 0 Å². The summed E-state index contributed by atoms with van der Waals surface area (Å²) in [7, 11) is 0. The van der Waals surface area contributed by atoms with Crippen molar-refractivity contribution in [2.75, 3.05) is 29.6 Å². The SMILES string of the molecule is CCOc1cc(N(CC)CC)ccc1/C=C1/C(=O)NN(c2ccc(Cl)cc2)C1=O. The molecule has 1 fully saturated rings. The summed E-state index contributed by atoms with van der Waals surface area (Å²) in [6.45, 7) is 8.31. The number of anilines is 2. The molecule has 0 radical (unpaired) electrons. The van der Waals surface area contributed by atoms with Gasteiger partial charge in [-0.05, 0) is 63.2 Å². The second kappa shape index (κ2) is 9.01. The number of halogens is 1. The third-order valence-corrected chi connectivity index (χ3v) is 4.95. The standard InChI is InChI=1S/C22H24ClN3O3/c1-4-25(5-2)18-10-7-15(20(14-18)29-6-3)13-19-21(27)24-26(22(19)28)17-11-8-16(23)9-12-17/h7-14H,4-6H2,1-3H3,(H,24,27)/b19-13-. The van der Waals surface area contributed by atoms with Crippen LogP contribution in [0.15, 0.2) is 48.0 Å². The molecule has 1 aliphatic rings. The molecular formula is C22H24ClN3O3. The lowest BCUT2D eigenvalue weighted by molar-refractivity contribution is -0.117. The van der Waals surface area contributed by atoms with Crippen LogP contribution in [-0.2, 0) is 9.59 Å². The fraction of sp³-hybridized carbons (Fsp3) is 0.273. The van der Waals surface area contributed by atoms with Gasteiger partial charge in [-0.25, -0.2) is 5.01 Å². The smallest absolute Gasteiger partial charge is 0.282 e. The summed E-state index contributed by atoms with van der Waals surface area (Å²) in [5.41, 5.74) is 4.90.